The molecule has 1 aromatic carbocycles. The fourth-order valence-electron chi connectivity index (χ4n) is 1.79. The zero-order valence-electron chi connectivity index (χ0n) is 13.1. The summed E-state index contributed by atoms with van der Waals surface area (Å²) in [6.45, 7) is 0. The number of aromatic amines is 1. The van der Waals surface area contributed by atoms with Crippen LogP contribution in [-0.2, 0) is 4.79 Å². The van der Waals surface area contributed by atoms with Gasteiger partial charge in [0, 0.05) is 6.07 Å². The largest absolute Gasteiger partial charge is 0.463 e. The minimum atomic E-state index is -0.719. The number of nitrogens with one attached hydrogen (secondary N) is 3. The van der Waals surface area contributed by atoms with Gasteiger partial charge in [0.1, 0.15) is 17.4 Å². The van der Waals surface area contributed by atoms with Crippen LogP contribution in [0.4, 0.5) is 20.4 Å². The van der Waals surface area contributed by atoms with Crippen LogP contribution in [0.2, 0.25) is 0 Å². The number of carbonyl (C=O) groups is 1. The van der Waals surface area contributed by atoms with Crippen LogP contribution in [0.3, 0.4) is 0 Å². The van der Waals surface area contributed by atoms with Crippen LogP contribution in [0.1, 0.15) is 5.76 Å². The third kappa shape index (κ3) is 4.89. The molecule has 2 aromatic heterocycles. The Morgan fingerprint density at radius 3 is 3.08 bits per heavy atom. The summed E-state index contributed by atoms with van der Waals surface area (Å²) in [6.07, 6.45) is 2.97. The van der Waals surface area contributed by atoms with E-state index in [4.69, 9.17) is 4.42 Å². The lowest BCUT2D eigenvalue weighted by atomic mass is 10.3. The van der Waals surface area contributed by atoms with Crippen molar-refractivity contribution in [1.29, 1.82) is 0 Å². The molecule has 0 saturated heterocycles. The molecule has 0 saturated carbocycles. The quantitative estimate of drug-likeness (QED) is 0.331. The Kier molecular flexibility index (Phi) is 5.59. The highest BCUT2D eigenvalue weighted by molar-refractivity contribution is 7.99. The van der Waals surface area contributed by atoms with Crippen LogP contribution in [0, 0.1) is 11.6 Å². The number of carbonyl (C=O) groups excluding carboxylic acids is 1. The topological polar surface area (TPSA) is 108 Å². The van der Waals surface area contributed by atoms with Gasteiger partial charge in [0.15, 0.2) is 0 Å². The number of halogens is 2. The number of amides is 1. The molecule has 0 aliphatic carbocycles. The zero-order chi connectivity index (χ0) is 18.4. The average Bonchev–Trinajstić information content (AvgIpc) is 3.28. The predicted octanol–water partition coefficient (Wildman–Crippen LogP) is 2.85. The Balaban J connectivity index is 1.48. The van der Waals surface area contributed by atoms with Gasteiger partial charge in [-0.15, -0.1) is 5.10 Å². The van der Waals surface area contributed by atoms with Gasteiger partial charge in [0.25, 0.3) is 0 Å². The lowest BCUT2D eigenvalue weighted by Gasteiger charge is -2.05. The SMILES string of the molecule is O=C(CSc1n[nH]c(N/N=C\c2ccco2)n1)Nc1cc(F)ccc1F. The smallest absolute Gasteiger partial charge is 0.240 e. The number of hydrogen-bond acceptors (Lipinski definition) is 7. The maximum Gasteiger partial charge on any atom is 0.240 e. The van der Waals surface area contributed by atoms with Crippen LogP contribution in [0.15, 0.2) is 51.3 Å². The van der Waals surface area contributed by atoms with E-state index in [1.165, 1.54) is 12.5 Å². The number of furan rings is 1. The molecule has 11 heteroatoms. The van der Waals surface area contributed by atoms with E-state index in [-0.39, 0.29) is 22.5 Å². The van der Waals surface area contributed by atoms with E-state index in [2.05, 4.69) is 31.0 Å². The molecule has 0 bridgehead atoms. The van der Waals surface area contributed by atoms with Crippen molar-refractivity contribution < 1.29 is 18.0 Å². The van der Waals surface area contributed by atoms with Crippen molar-refractivity contribution >= 4 is 35.5 Å². The molecule has 8 nitrogen and oxygen atoms in total. The molecule has 0 aliphatic rings. The first-order chi connectivity index (χ1) is 12.6. The number of thioether (sulfide) groups is 1. The summed E-state index contributed by atoms with van der Waals surface area (Å²) in [4.78, 5) is 15.9. The van der Waals surface area contributed by atoms with Gasteiger partial charge in [-0.1, -0.05) is 11.8 Å². The number of nitrogens with zero attached hydrogens (tertiary/aromatic N) is 3. The molecule has 0 unspecified atom stereocenters. The molecule has 26 heavy (non-hydrogen) atoms. The Morgan fingerprint density at radius 2 is 2.27 bits per heavy atom. The molecular weight excluding hydrogens is 366 g/mol. The van der Waals surface area contributed by atoms with Crippen molar-refractivity contribution in [2.24, 2.45) is 5.10 Å². The van der Waals surface area contributed by atoms with Crippen molar-refractivity contribution in [3.05, 3.63) is 54.0 Å². The van der Waals surface area contributed by atoms with Gasteiger partial charge in [-0.3, -0.25) is 4.79 Å². The molecule has 1 amide bonds. The van der Waals surface area contributed by atoms with E-state index >= 15 is 0 Å². The van der Waals surface area contributed by atoms with Crippen molar-refractivity contribution in [2.45, 2.75) is 5.16 Å². The minimum Gasteiger partial charge on any atom is -0.463 e. The van der Waals surface area contributed by atoms with E-state index < -0.39 is 17.5 Å². The first kappa shape index (κ1) is 17.6. The lowest BCUT2D eigenvalue weighted by Crippen LogP contribution is -2.15. The fourth-order valence-corrected chi connectivity index (χ4v) is 2.39. The number of benzene rings is 1. The van der Waals surface area contributed by atoms with Crippen LogP contribution < -0.4 is 10.7 Å². The van der Waals surface area contributed by atoms with E-state index in [1.807, 2.05) is 0 Å². The Labute approximate surface area is 150 Å². The van der Waals surface area contributed by atoms with E-state index in [0.29, 0.717) is 5.76 Å². The number of H-pyrrole nitrogens is 1. The first-order valence-corrected chi connectivity index (χ1v) is 8.21. The second kappa shape index (κ2) is 8.25. The van der Waals surface area contributed by atoms with E-state index in [1.54, 1.807) is 12.1 Å². The Bertz CT molecular complexity index is 913. The normalized spacial score (nSPS) is 11.0. The second-order valence-electron chi connectivity index (χ2n) is 4.81. The highest BCUT2D eigenvalue weighted by Gasteiger charge is 2.11. The van der Waals surface area contributed by atoms with Crippen molar-refractivity contribution in [1.82, 2.24) is 15.2 Å². The predicted molar refractivity (Wildman–Crippen MR) is 92.0 cm³/mol. The highest BCUT2D eigenvalue weighted by atomic mass is 32.2. The van der Waals surface area contributed by atoms with Crippen LogP contribution in [-0.4, -0.2) is 33.1 Å². The molecular formula is C15H12F2N6O2S. The van der Waals surface area contributed by atoms with Gasteiger partial charge in [0.05, 0.1) is 23.9 Å². The lowest BCUT2D eigenvalue weighted by molar-refractivity contribution is -0.113. The summed E-state index contributed by atoms with van der Waals surface area (Å²) < 4.78 is 31.6. The number of rotatable bonds is 7. The van der Waals surface area contributed by atoms with E-state index in [9.17, 15) is 13.6 Å². The third-order valence-corrected chi connectivity index (χ3v) is 3.75. The Hall–Kier alpha value is -3.21. The number of hydrogen-bond donors (Lipinski definition) is 3. The summed E-state index contributed by atoms with van der Waals surface area (Å²) in [5.74, 6) is -1.13. The maximum atomic E-state index is 13.5. The van der Waals surface area contributed by atoms with Crippen LogP contribution in [0.5, 0.6) is 0 Å². The molecule has 0 radical (unpaired) electrons. The zero-order valence-corrected chi connectivity index (χ0v) is 13.9. The number of aromatic nitrogens is 3. The third-order valence-electron chi connectivity index (χ3n) is 2.91. The second-order valence-corrected chi connectivity index (χ2v) is 5.76. The fraction of sp³-hybridized carbons (Fsp3) is 0.0667. The first-order valence-electron chi connectivity index (χ1n) is 7.23. The monoisotopic (exact) mass is 378 g/mol. The van der Waals surface area contributed by atoms with Gasteiger partial charge in [0.2, 0.25) is 17.0 Å². The molecule has 3 N–H and O–H groups in total. The molecule has 0 aliphatic heterocycles. The van der Waals surface area contributed by atoms with Crippen molar-refractivity contribution in [3.63, 3.8) is 0 Å². The minimum absolute atomic E-state index is 0.0804. The van der Waals surface area contributed by atoms with Gasteiger partial charge < -0.3 is 9.73 Å². The summed E-state index contributed by atoms with van der Waals surface area (Å²) in [7, 11) is 0. The van der Waals surface area contributed by atoms with Crippen molar-refractivity contribution in [3.8, 4) is 0 Å². The highest BCUT2D eigenvalue weighted by Crippen LogP contribution is 2.18. The molecule has 3 rings (SSSR count). The molecule has 0 fully saturated rings. The average molecular weight is 378 g/mol. The maximum absolute atomic E-state index is 13.5. The van der Waals surface area contributed by atoms with E-state index in [0.717, 1.165) is 30.0 Å². The van der Waals surface area contributed by atoms with Gasteiger partial charge in [-0.05, 0) is 24.3 Å². The number of anilines is 2. The van der Waals surface area contributed by atoms with Gasteiger partial charge in [-0.2, -0.15) is 10.1 Å². The summed E-state index contributed by atoms with van der Waals surface area (Å²) in [5, 5.41) is 13.0. The van der Waals surface area contributed by atoms with Gasteiger partial charge in [-0.25, -0.2) is 19.3 Å². The summed E-state index contributed by atoms with van der Waals surface area (Å²) >= 11 is 1.02. The standard InChI is InChI=1S/C15H12F2N6O2S/c16-9-3-4-11(17)12(6-9)19-13(24)8-26-15-20-14(22-23-15)21-18-7-10-2-1-5-25-10/h1-7H,8H2,(H,19,24)(H2,20,21,22,23)/b18-7-. The Morgan fingerprint density at radius 1 is 1.38 bits per heavy atom. The molecule has 3 aromatic rings. The summed E-state index contributed by atoms with van der Waals surface area (Å²) in [6, 6.07) is 6.27. The van der Waals surface area contributed by atoms with Crippen LogP contribution in [0.25, 0.3) is 0 Å². The molecule has 134 valence electrons. The number of hydrazone groups is 1. The molecule has 0 atom stereocenters. The molecule has 0 spiro atoms. The summed E-state index contributed by atoms with van der Waals surface area (Å²) in [5.41, 5.74) is 2.40. The van der Waals surface area contributed by atoms with Crippen LogP contribution >= 0.6 is 11.8 Å². The van der Waals surface area contributed by atoms with Crippen molar-refractivity contribution in [2.75, 3.05) is 16.5 Å². The molecule has 2 heterocycles. The van der Waals surface area contributed by atoms with Gasteiger partial charge >= 0.3 is 0 Å².